The van der Waals surface area contributed by atoms with Gasteiger partial charge in [-0.3, -0.25) is 0 Å². The minimum Gasteiger partial charge on any atom is -0.444 e. The van der Waals surface area contributed by atoms with Crippen LogP contribution in [0, 0.1) is 0 Å². The number of ether oxygens (including phenoxy) is 2. The van der Waals surface area contributed by atoms with Crippen LogP contribution in [-0.4, -0.2) is 53.6 Å². The van der Waals surface area contributed by atoms with Gasteiger partial charge in [-0.1, -0.05) is 0 Å². The number of likely N-dealkylation sites (tertiary alicyclic amines) is 1. The lowest BCUT2D eigenvalue weighted by Gasteiger charge is -2.40. The number of methoxy groups -OCH3 is 1. The maximum atomic E-state index is 11.9. The van der Waals surface area contributed by atoms with Crippen molar-refractivity contribution in [1.29, 1.82) is 0 Å². The van der Waals surface area contributed by atoms with Gasteiger partial charge in [-0.2, -0.15) is 0 Å². The number of β-amino-alcohol motifs (C(OH)–C–C–N with tert-alkyl or cyclic N) is 1. The summed E-state index contributed by atoms with van der Waals surface area (Å²) in [5.74, 6) is 0. The van der Waals surface area contributed by atoms with Gasteiger partial charge >= 0.3 is 6.09 Å². The largest absolute Gasteiger partial charge is 0.444 e. The number of piperidine rings is 1. The fourth-order valence-corrected chi connectivity index (χ4v) is 1.96. The van der Waals surface area contributed by atoms with Crippen LogP contribution in [0.2, 0.25) is 0 Å². The highest BCUT2D eigenvalue weighted by atomic mass is 16.6. The second kappa shape index (κ2) is 4.82. The lowest BCUT2D eigenvalue weighted by atomic mass is 9.93. The normalized spacial score (nSPS) is 30.2. The Morgan fingerprint density at radius 2 is 2.06 bits per heavy atom. The molecule has 0 aromatic heterocycles. The van der Waals surface area contributed by atoms with E-state index in [4.69, 9.17) is 9.47 Å². The quantitative estimate of drug-likeness (QED) is 0.758. The van der Waals surface area contributed by atoms with Crippen molar-refractivity contribution < 1.29 is 19.4 Å². The van der Waals surface area contributed by atoms with Crippen LogP contribution in [0.25, 0.3) is 0 Å². The number of carbonyl (C=O) groups excluding carboxylic acids is 1. The van der Waals surface area contributed by atoms with Crippen molar-refractivity contribution in [2.75, 3.05) is 20.2 Å². The molecule has 1 amide bonds. The molecule has 1 fully saturated rings. The molecular formula is C12H23NO4. The third-order valence-corrected chi connectivity index (χ3v) is 2.61. The zero-order valence-corrected chi connectivity index (χ0v) is 11.3. The molecule has 1 N–H and O–H groups in total. The van der Waals surface area contributed by atoms with Crippen molar-refractivity contribution >= 4 is 6.09 Å². The summed E-state index contributed by atoms with van der Waals surface area (Å²) in [5.41, 5.74) is -1.45. The first-order valence-electron chi connectivity index (χ1n) is 5.86. The van der Waals surface area contributed by atoms with Crippen LogP contribution in [0.1, 0.15) is 34.1 Å². The SMILES string of the molecule is CO[C@H]1CN(C(=O)OC(C)(C)C)C[C@@](C)(O)C1. The van der Waals surface area contributed by atoms with Crippen LogP contribution < -0.4 is 0 Å². The fourth-order valence-electron chi connectivity index (χ4n) is 1.96. The highest BCUT2D eigenvalue weighted by Crippen LogP contribution is 2.24. The van der Waals surface area contributed by atoms with Crippen molar-refractivity contribution in [2.24, 2.45) is 0 Å². The molecule has 1 heterocycles. The molecule has 0 bridgehead atoms. The third-order valence-electron chi connectivity index (χ3n) is 2.61. The molecule has 0 aromatic carbocycles. The van der Waals surface area contributed by atoms with Gasteiger partial charge in [0.1, 0.15) is 5.60 Å². The van der Waals surface area contributed by atoms with E-state index in [1.807, 2.05) is 20.8 Å². The number of amides is 1. The Balaban J connectivity index is 2.67. The van der Waals surface area contributed by atoms with Gasteiger partial charge in [0.05, 0.1) is 24.8 Å². The predicted molar refractivity (Wildman–Crippen MR) is 63.8 cm³/mol. The van der Waals surface area contributed by atoms with Gasteiger partial charge in [0.25, 0.3) is 0 Å². The first kappa shape index (κ1) is 14.3. The van der Waals surface area contributed by atoms with E-state index in [0.29, 0.717) is 13.0 Å². The summed E-state index contributed by atoms with van der Waals surface area (Å²) in [5, 5.41) is 10.1. The maximum Gasteiger partial charge on any atom is 0.410 e. The molecule has 1 aliphatic rings. The molecule has 0 radical (unpaired) electrons. The molecule has 0 aliphatic carbocycles. The number of nitrogens with zero attached hydrogens (tertiary/aromatic N) is 1. The average Bonchev–Trinajstić information content (AvgIpc) is 2.12. The van der Waals surface area contributed by atoms with Gasteiger partial charge in [0, 0.05) is 13.5 Å². The summed E-state index contributed by atoms with van der Waals surface area (Å²) in [7, 11) is 1.58. The number of aliphatic hydroxyl groups is 1. The van der Waals surface area contributed by atoms with Crippen molar-refractivity contribution in [1.82, 2.24) is 4.90 Å². The molecule has 0 aromatic rings. The molecule has 2 atom stereocenters. The average molecular weight is 245 g/mol. The summed E-state index contributed by atoms with van der Waals surface area (Å²) in [6, 6.07) is 0. The van der Waals surface area contributed by atoms with Gasteiger partial charge in [0.2, 0.25) is 0 Å². The molecule has 1 rings (SSSR count). The number of carbonyl (C=O) groups is 1. The highest BCUT2D eigenvalue weighted by Gasteiger charge is 2.38. The number of hydrogen-bond donors (Lipinski definition) is 1. The monoisotopic (exact) mass is 245 g/mol. The summed E-state index contributed by atoms with van der Waals surface area (Å²) in [6.07, 6.45) is -0.0196. The molecule has 5 nitrogen and oxygen atoms in total. The minimum atomic E-state index is -0.921. The van der Waals surface area contributed by atoms with Crippen LogP contribution in [-0.2, 0) is 9.47 Å². The molecule has 17 heavy (non-hydrogen) atoms. The predicted octanol–water partition coefficient (Wildman–Crippen LogP) is 1.39. The summed E-state index contributed by atoms with van der Waals surface area (Å²) in [6.45, 7) is 7.90. The summed E-state index contributed by atoms with van der Waals surface area (Å²) >= 11 is 0. The topological polar surface area (TPSA) is 59.0 Å². The van der Waals surface area contributed by atoms with E-state index in [9.17, 15) is 9.90 Å². The minimum absolute atomic E-state index is 0.147. The van der Waals surface area contributed by atoms with Crippen LogP contribution >= 0.6 is 0 Å². The van der Waals surface area contributed by atoms with Crippen LogP contribution in [0.4, 0.5) is 4.79 Å². The van der Waals surface area contributed by atoms with Crippen LogP contribution in [0.3, 0.4) is 0 Å². The molecule has 1 saturated heterocycles. The van der Waals surface area contributed by atoms with E-state index in [0.717, 1.165) is 0 Å². The van der Waals surface area contributed by atoms with Crippen molar-refractivity contribution in [3.63, 3.8) is 0 Å². The van der Waals surface area contributed by atoms with E-state index in [1.165, 1.54) is 4.90 Å². The van der Waals surface area contributed by atoms with Crippen molar-refractivity contribution in [2.45, 2.75) is 51.4 Å². The Labute approximate surface area is 103 Å². The smallest absolute Gasteiger partial charge is 0.410 e. The van der Waals surface area contributed by atoms with Gasteiger partial charge in [-0.15, -0.1) is 0 Å². The standard InChI is InChI=1S/C12H23NO4/c1-11(2,3)17-10(14)13-7-9(16-5)6-12(4,15)8-13/h9,15H,6-8H2,1-5H3/t9-,12+/m1/s1. The van der Waals surface area contributed by atoms with Gasteiger partial charge in [0.15, 0.2) is 0 Å². The first-order chi connectivity index (χ1) is 7.63. The van der Waals surface area contributed by atoms with Gasteiger partial charge in [-0.05, 0) is 27.7 Å². The van der Waals surface area contributed by atoms with Crippen LogP contribution in [0.15, 0.2) is 0 Å². The van der Waals surface area contributed by atoms with Gasteiger partial charge < -0.3 is 19.5 Å². The second-order valence-electron chi connectivity index (χ2n) is 5.92. The van der Waals surface area contributed by atoms with E-state index >= 15 is 0 Å². The van der Waals surface area contributed by atoms with E-state index in [1.54, 1.807) is 14.0 Å². The maximum absolute atomic E-state index is 11.9. The van der Waals surface area contributed by atoms with Crippen molar-refractivity contribution in [3.8, 4) is 0 Å². The number of hydrogen-bond acceptors (Lipinski definition) is 4. The molecule has 100 valence electrons. The Bertz CT molecular complexity index is 283. The molecular weight excluding hydrogens is 222 g/mol. The molecule has 0 spiro atoms. The summed E-state index contributed by atoms with van der Waals surface area (Å²) in [4.78, 5) is 13.4. The zero-order valence-electron chi connectivity index (χ0n) is 11.3. The Morgan fingerprint density at radius 1 is 1.47 bits per heavy atom. The Kier molecular flexibility index (Phi) is 4.04. The second-order valence-corrected chi connectivity index (χ2v) is 5.92. The first-order valence-corrected chi connectivity index (χ1v) is 5.86. The third kappa shape index (κ3) is 4.52. The van der Waals surface area contributed by atoms with Crippen LogP contribution in [0.5, 0.6) is 0 Å². The lowest BCUT2D eigenvalue weighted by molar-refractivity contribution is -0.0836. The van der Waals surface area contributed by atoms with Gasteiger partial charge in [-0.25, -0.2) is 4.79 Å². The van der Waals surface area contributed by atoms with Crippen molar-refractivity contribution in [3.05, 3.63) is 0 Å². The zero-order chi connectivity index (χ0) is 13.3. The summed E-state index contributed by atoms with van der Waals surface area (Å²) < 4.78 is 10.5. The Hall–Kier alpha value is -0.810. The van der Waals surface area contributed by atoms with E-state index < -0.39 is 17.3 Å². The molecule has 1 aliphatic heterocycles. The number of rotatable bonds is 1. The highest BCUT2D eigenvalue weighted by molar-refractivity contribution is 5.68. The lowest BCUT2D eigenvalue weighted by Crippen LogP contribution is -2.55. The Morgan fingerprint density at radius 3 is 2.53 bits per heavy atom. The molecule has 0 saturated carbocycles. The van der Waals surface area contributed by atoms with E-state index in [-0.39, 0.29) is 12.6 Å². The molecule has 0 unspecified atom stereocenters. The fraction of sp³-hybridized carbons (Fsp3) is 0.917. The van der Waals surface area contributed by atoms with E-state index in [2.05, 4.69) is 0 Å². The molecule has 5 heteroatoms.